The smallest absolute Gasteiger partial charge is 0.247 e. The molecule has 0 spiro atoms. The Labute approximate surface area is 162 Å². The fraction of sp³-hybridized carbons (Fsp3) is 0.421. The van der Waals surface area contributed by atoms with Gasteiger partial charge in [-0.1, -0.05) is 0 Å². The Balaban J connectivity index is 1.49. The second kappa shape index (κ2) is 6.96. The second-order valence-electron chi connectivity index (χ2n) is 7.16. The Bertz CT molecular complexity index is 959. The van der Waals surface area contributed by atoms with Crippen LogP contribution in [0.15, 0.2) is 30.6 Å². The third-order valence-electron chi connectivity index (χ3n) is 5.37. The van der Waals surface area contributed by atoms with E-state index in [2.05, 4.69) is 26.8 Å². The first-order valence-corrected chi connectivity index (χ1v) is 9.26. The summed E-state index contributed by atoms with van der Waals surface area (Å²) in [5, 5.41) is 19.5. The molecule has 2 fully saturated rings. The molecule has 2 aliphatic rings. The summed E-state index contributed by atoms with van der Waals surface area (Å²) in [5.74, 6) is 1.03. The van der Waals surface area contributed by atoms with E-state index < -0.39 is 5.41 Å². The van der Waals surface area contributed by atoms with Gasteiger partial charge in [0.1, 0.15) is 17.8 Å². The molecule has 1 atom stereocenters. The number of pyridine rings is 1. The fourth-order valence-corrected chi connectivity index (χ4v) is 3.66. The monoisotopic (exact) mass is 379 g/mol. The minimum atomic E-state index is -0.866. The van der Waals surface area contributed by atoms with Crippen LogP contribution in [-0.2, 0) is 16.1 Å². The van der Waals surface area contributed by atoms with E-state index in [0.29, 0.717) is 30.3 Å². The van der Waals surface area contributed by atoms with E-state index in [1.807, 2.05) is 0 Å². The maximum atomic E-state index is 13.0. The lowest BCUT2D eigenvalue weighted by Gasteiger charge is -2.21. The fourth-order valence-electron chi connectivity index (χ4n) is 3.66. The largest absolute Gasteiger partial charge is 0.358 e. The molecule has 1 aliphatic carbocycles. The zero-order valence-corrected chi connectivity index (χ0v) is 15.6. The van der Waals surface area contributed by atoms with Crippen molar-refractivity contribution < 1.29 is 9.59 Å². The predicted octanol–water partition coefficient (Wildman–Crippen LogP) is 1.42. The molecule has 1 aliphatic heterocycles. The normalized spacial score (nSPS) is 21.4. The van der Waals surface area contributed by atoms with E-state index in [0.717, 1.165) is 12.8 Å². The molecule has 2 N–H and O–H groups in total. The van der Waals surface area contributed by atoms with Gasteiger partial charge in [0.05, 0.1) is 6.07 Å². The van der Waals surface area contributed by atoms with Crippen molar-refractivity contribution in [3.63, 3.8) is 0 Å². The van der Waals surface area contributed by atoms with Crippen LogP contribution >= 0.6 is 0 Å². The van der Waals surface area contributed by atoms with Gasteiger partial charge in [0.2, 0.25) is 11.8 Å². The molecule has 0 aromatic carbocycles. The molecular formula is C19H21N7O2. The highest BCUT2D eigenvalue weighted by Gasteiger charge is 2.56. The first kappa shape index (κ1) is 18.0. The van der Waals surface area contributed by atoms with Gasteiger partial charge in [-0.25, -0.2) is 4.98 Å². The second-order valence-corrected chi connectivity index (χ2v) is 7.16. The van der Waals surface area contributed by atoms with Gasteiger partial charge in [0.25, 0.3) is 0 Å². The van der Waals surface area contributed by atoms with E-state index in [1.165, 1.54) is 4.68 Å². The number of likely N-dealkylation sites (N-methyl/N-ethyl adjacent to an activating group) is 1. The molecule has 9 nitrogen and oxygen atoms in total. The van der Waals surface area contributed by atoms with Crippen LogP contribution in [0.2, 0.25) is 0 Å². The molecule has 2 aromatic heterocycles. The van der Waals surface area contributed by atoms with Crippen LogP contribution in [0.3, 0.4) is 0 Å². The zero-order valence-electron chi connectivity index (χ0n) is 15.6. The van der Waals surface area contributed by atoms with Gasteiger partial charge in [-0.3, -0.25) is 14.3 Å². The predicted molar refractivity (Wildman–Crippen MR) is 102 cm³/mol. The van der Waals surface area contributed by atoms with Gasteiger partial charge in [0, 0.05) is 43.8 Å². The number of aromatic nitrogens is 3. The van der Waals surface area contributed by atoms with Crippen molar-refractivity contribution in [3.8, 4) is 6.07 Å². The number of carbonyl (C=O) groups excluding carboxylic acids is 2. The molecule has 1 saturated heterocycles. The first-order valence-electron chi connectivity index (χ1n) is 9.26. The van der Waals surface area contributed by atoms with E-state index in [4.69, 9.17) is 0 Å². The lowest BCUT2D eigenvalue weighted by Crippen LogP contribution is -2.35. The van der Waals surface area contributed by atoms with E-state index >= 15 is 0 Å². The minimum absolute atomic E-state index is 0.107. The van der Waals surface area contributed by atoms with E-state index in [1.54, 1.807) is 42.5 Å². The highest BCUT2D eigenvalue weighted by Crippen LogP contribution is 2.51. The van der Waals surface area contributed by atoms with Crippen molar-refractivity contribution in [2.24, 2.45) is 11.3 Å². The summed E-state index contributed by atoms with van der Waals surface area (Å²) in [6.07, 6.45) is 5.80. The lowest BCUT2D eigenvalue weighted by atomic mass is 9.83. The van der Waals surface area contributed by atoms with Gasteiger partial charge in [0.15, 0.2) is 5.82 Å². The summed E-state index contributed by atoms with van der Waals surface area (Å²) in [5.41, 5.74) is -0.153. The first-order chi connectivity index (χ1) is 13.6. The number of amides is 2. The molecule has 4 rings (SSSR count). The Kier molecular flexibility index (Phi) is 4.47. The molecule has 2 aromatic rings. The highest BCUT2D eigenvalue weighted by atomic mass is 16.2. The van der Waals surface area contributed by atoms with Crippen molar-refractivity contribution in [3.05, 3.63) is 30.6 Å². The molecule has 28 heavy (non-hydrogen) atoms. The van der Waals surface area contributed by atoms with Gasteiger partial charge < -0.3 is 15.5 Å². The lowest BCUT2D eigenvalue weighted by molar-refractivity contribution is -0.124. The summed E-state index contributed by atoms with van der Waals surface area (Å²) in [4.78, 5) is 30.3. The third-order valence-corrected chi connectivity index (χ3v) is 5.37. The van der Waals surface area contributed by atoms with Crippen molar-refractivity contribution in [2.75, 3.05) is 23.8 Å². The molecule has 0 radical (unpaired) electrons. The topological polar surface area (TPSA) is 116 Å². The standard InChI is InChI=1S/C19H21N7O2/c1-21-17(27)11-25-8-5-15(24-25)23-16-10-14(4-7-22-16)26-9-6-19(12-20,18(26)28)13-2-3-13/h4-5,7-8,10,13H,2-3,6,9,11H2,1H3,(H,21,27)(H,22,23,24)/t19-/m1/s1. The molecule has 2 amide bonds. The number of hydrogen-bond donors (Lipinski definition) is 2. The van der Waals surface area contributed by atoms with Gasteiger partial charge in [-0.05, 0) is 31.2 Å². The van der Waals surface area contributed by atoms with E-state index in [9.17, 15) is 14.9 Å². The Morgan fingerprint density at radius 1 is 1.39 bits per heavy atom. The summed E-state index contributed by atoms with van der Waals surface area (Å²) >= 11 is 0. The number of nitrogens with zero attached hydrogens (tertiary/aromatic N) is 5. The summed E-state index contributed by atoms with van der Waals surface area (Å²) in [6.45, 7) is 0.665. The van der Waals surface area contributed by atoms with Crippen LogP contribution in [-0.4, -0.2) is 40.2 Å². The Hall–Kier alpha value is -3.41. The van der Waals surface area contributed by atoms with Gasteiger partial charge in [-0.2, -0.15) is 10.4 Å². The van der Waals surface area contributed by atoms with Gasteiger partial charge >= 0.3 is 0 Å². The Morgan fingerprint density at radius 3 is 2.93 bits per heavy atom. The summed E-state index contributed by atoms with van der Waals surface area (Å²) in [6, 6.07) is 7.59. The molecule has 144 valence electrons. The molecule has 1 saturated carbocycles. The Morgan fingerprint density at radius 2 is 2.21 bits per heavy atom. The van der Waals surface area contributed by atoms with Crippen LogP contribution in [0.5, 0.6) is 0 Å². The van der Waals surface area contributed by atoms with Crippen molar-refractivity contribution >= 4 is 29.1 Å². The minimum Gasteiger partial charge on any atom is -0.358 e. The number of hydrogen-bond acceptors (Lipinski definition) is 6. The number of nitrogens with one attached hydrogen (secondary N) is 2. The van der Waals surface area contributed by atoms with Crippen LogP contribution < -0.4 is 15.5 Å². The summed E-state index contributed by atoms with van der Waals surface area (Å²) < 4.78 is 1.52. The number of rotatable bonds is 6. The maximum absolute atomic E-state index is 13.0. The molecular weight excluding hydrogens is 358 g/mol. The van der Waals surface area contributed by atoms with Crippen LogP contribution in [0.25, 0.3) is 0 Å². The molecule has 9 heteroatoms. The number of nitriles is 1. The zero-order chi connectivity index (χ0) is 19.7. The SMILES string of the molecule is CNC(=O)Cn1ccc(Nc2cc(N3CC[C@@](C#N)(C4CC4)C3=O)ccn2)n1. The highest BCUT2D eigenvalue weighted by molar-refractivity contribution is 6.02. The summed E-state index contributed by atoms with van der Waals surface area (Å²) in [7, 11) is 1.57. The number of carbonyl (C=O) groups is 2. The average molecular weight is 379 g/mol. The maximum Gasteiger partial charge on any atom is 0.247 e. The third kappa shape index (κ3) is 3.17. The van der Waals surface area contributed by atoms with Crippen LogP contribution in [0, 0.1) is 22.7 Å². The quantitative estimate of drug-likeness (QED) is 0.784. The van der Waals surface area contributed by atoms with E-state index in [-0.39, 0.29) is 24.3 Å². The van der Waals surface area contributed by atoms with Crippen LogP contribution in [0.1, 0.15) is 19.3 Å². The average Bonchev–Trinajstić information content (AvgIpc) is 3.38. The molecule has 0 unspecified atom stereocenters. The molecule has 3 heterocycles. The number of anilines is 3. The van der Waals surface area contributed by atoms with Crippen molar-refractivity contribution in [1.29, 1.82) is 5.26 Å². The van der Waals surface area contributed by atoms with Crippen molar-refractivity contribution in [2.45, 2.75) is 25.8 Å². The van der Waals surface area contributed by atoms with Crippen molar-refractivity contribution in [1.82, 2.24) is 20.1 Å². The molecule has 0 bridgehead atoms. The van der Waals surface area contributed by atoms with Gasteiger partial charge in [-0.15, -0.1) is 0 Å². The van der Waals surface area contributed by atoms with Crippen LogP contribution in [0.4, 0.5) is 17.3 Å².